The monoisotopic (exact) mass is 477 g/mol. The van der Waals surface area contributed by atoms with E-state index in [4.69, 9.17) is 21.1 Å². The lowest BCUT2D eigenvalue weighted by molar-refractivity contribution is 0.187. The molecule has 4 nitrogen and oxygen atoms in total. The van der Waals surface area contributed by atoms with Crippen LogP contribution in [0.3, 0.4) is 0 Å². The maximum atomic E-state index is 9.38. The minimum absolute atomic E-state index is 0. The van der Waals surface area contributed by atoms with E-state index in [1.165, 1.54) is 0 Å². The fourth-order valence-corrected chi connectivity index (χ4v) is 3.08. The van der Waals surface area contributed by atoms with Crippen molar-refractivity contribution in [2.75, 3.05) is 13.2 Å². The van der Waals surface area contributed by atoms with Crippen molar-refractivity contribution in [3.8, 4) is 11.5 Å². The van der Waals surface area contributed by atoms with Gasteiger partial charge in [-0.3, -0.25) is 0 Å². The summed E-state index contributed by atoms with van der Waals surface area (Å²) in [7, 11) is 0. The molecule has 0 amide bonds. The number of rotatable bonds is 9. The fraction of sp³-hybridized carbons (Fsp3) is 0.400. The lowest BCUT2D eigenvalue weighted by atomic mass is 10.1. The minimum atomic E-state index is -0.350. The summed E-state index contributed by atoms with van der Waals surface area (Å²) in [6, 6.07) is 11.5. The number of nitrogens with one attached hydrogen (secondary N) is 1. The van der Waals surface area contributed by atoms with Gasteiger partial charge in [-0.2, -0.15) is 0 Å². The van der Waals surface area contributed by atoms with E-state index in [-0.39, 0.29) is 24.6 Å². The molecule has 0 fully saturated rings. The summed E-state index contributed by atoms with van der Waals surface area (Å²) in [4.78, 5) is 0. The fourth-order valence-electron chi connectivity index (χ4n) is 2.29. The van der Waals surface area contributed by atoms with Crippen molar-refractivity contribution < 1.29 is 14.6 Å². The summed E-state index contributed by atoms with van der Waals surface area (Å²) in [5.74, 6) is 1.32. The zero-order valence-corrected chi connectivity index (χ0v) is 18.9. The van der Waals surface area contributed by atoms with Crippen LogP contribution in [-0.2, 0) is 13.2 Å². The van der Waals surface area contributed by atoms with Gasteiger partial charge in [-0.15, -0.1) is 12.4 Å². The van der Waals surface area contributed by atoms with Gasteiger partial charge < -0.3 is 19.9 Å². The Balaban J connectivity index is 0.00000364. The van der Waals surface area contributed by atoms with Crippen LogP contribution in [0.5, 0.6) is 11.5 Å². The third-order valence-corrected chi connectivity index (χ3v) is 4.82. The molecule has 0 saturated heterocycles. The second kappa shape index (κ2) is 11.1. The number of hydrogen-bond donors (Lipinski definition) is 2. The molecule has 0 aliphatic heterocycles. The van der Waals surface area contributed by atoms with Gasteiger partial charge in [0.1, 0.15) is 6.61 Å². The first kappa shape index (κ1) is 24.1. The summed E-state index contributed by atoms with van der Waals surface area (Å²) < 4.78 is 12.6. The van der Waals surface area contributed by atoms with Gasteiger partial charge >= 0.3 is 0 Å². The molecule has 2 rings (SSSR count). The molecule has 0 saturated carbocycles. The molecule has 0 radical (unpaired) electrons. The maximum Gasteiger partial charge on any atom is 0.175 e. The number of aliphatic hydroxyl groups excluding tert-OH is 1. The van der Waals surface area contributed by atoms with Gasteiger partial charge in [0.2, 0.25) is 0 Å². The van der Waals surface area contributed by atoms with E-state index in [9.17, 15) is 5.11 Å². The van der Waals surface area contributed by atoms with Crippen LogP contribution in [0.2, 0.25) is 5.02 Å². The third-order valence-electron chi connectivity index (χ3n) is 3.87. The van der Waals surface area contributed by atoms with Crippen LogP contribution in [0, 0.1) is 0 Å². The largest absolute Gasteiger partial charge is 0.490 e. The average molecular weight is 479 g/mol. The highest BCUT2D eigenvalue weighted by atomic mass is 79.9. The average Bonchev–Trinajstić information content (AvgIpc) is 2.61. The van der Waals surface area contributed by atoms with Gasteiger partial charge in [0.25, 0.3) is 0 Å². The van der Waals surface area contributed by atoms with Crippen LogP contribution in [-0.4, -0.2) is 23.9 Å². The molecular weight excluding hydrogens is 453 g/mol. The first-order valence-corrected chi connectivity index (χ1v) is 9.70. The van der Waals surface area contributed by atoms with Crippen molar-refractivity contribution >= 4 is 39.9 Å². The molecule has 0 unspecified atom stereocenters. The molecule has 0 bridgehead atoms. The molecule has 0 aromatic heterocycles. The normalized spacial score (nSPS) is 11.0. The van der Waals surface area contributed by atoms with Crippen molar-refractivity contribution in [2.45, 2.75) is 39.5 Å². The van der Waals surface area contributed by atoms with Crippen LogP contribution in [0.4, 0.5) is 0 Å². The highest BCUT2D eigenvalue weighted by Crippen LogP contribution is 2.38. The number of hydrogen-bond acceptors (Lipinski definition) is 4. The molecule has 0 heterocycles. The predicted molar refractivity (Wildman–Crippen MR) is 116 cm³/mol. The van der Waals surface area contributed by atoms with Crippen molar-refractivity contribution in [1.29, 1.82) is 0 Å². The molecular formula is C20H26BrCl2NO3. The molecule has 2 aromatic rings. The SMILES string of the molecule is CCOc1cc(CNC(C)(C)CO)cc(Br)c1OCc1ccccc1Cl.Cl. The Bertz CT molecular complexity index is 741. The predicted octanol–water partition coefficient (Wildman–Crippen LogP) is 5.36. The first-order valence-electron chi connectivity index (χ1n) is 8.53. The summed E-state index contributed by atoms with van der Waals surface area (Å²) in [5, 5.41) is 13.4. The Labute approximate surface area is 180 Å². The second-order valence-electron chi connectivity index (χ2n) is 6.61. The molecule has 0 aliphatic carbocycles. The molecule has 0 aliphatic rings. The van der Waals surface area contributed by atoms with E-state index in [2.05, 4.69) is 21.2 Å². The van der Waals surface area contributed by atoms with E-state index in [1.807, 2.05) is 57.2 Å². The Morgan fingerprint density at radius 1 is 1.19 bits per heavy atom. The topological polar surface area (TPSA) is 50.7 Å². The smallest absolute Gasteiger partial charge is 0.175 e. The quantitative estimate of drug-likeness (QED) is 0.509. The number of ether oxygens (including phenoxy) is 2. The van der Waals surface area contributed by atoms with E-state index in [0.29, 0.717) is 36.3 Å². The van der Waals surface area contributed by atoms with Crippen molar-refractivity contribution in [2.24, 2.45) is 0 Å². The minimum Gasteiger partial charge on any atom is -0.490 e. The van der Waals surface area contributed by atoms with E-state index >= 15 is 0 Å². The number of halogens is 3. The van der Waals surface area contributed by atoms with Gasteiger partial charge in [0.05, 0.1) is 17.7 Å². The Morgan fingerprint density at radius 2 is 1.89 bits per heavy atom. The van der Waals surface area contributed by atoms with Crippen LogP contribution < -0.4 is 14.8 Å². The van der Waals surface area contributed by atoms with Crippen LogP contribution in [0.15, 0.2) is 40.9 Å². The van der Waals surface area contributed by atoms with E-state index in [0.717, 1.165) is 15.6 Å². The highest BCUT2D eigenvalue weighted by molar-refractivity contribution is 9.10. The van der Waals surface area contributed by atoms with Crippen molar-refractivity contribution in [3.63, 3.8) is 0 Å². The van der Waals surface area contributed by atoms with Crippen LogP contribution in [0.25, 0.3) is 0 Å². The highest BCUT2D eigenvalue weighted by Gasteiger charge is 2.17. The van der Waals surface area contributed by atoms with E-state index in [1.54, 1.807) is 0 Å². The second-order valence-corrected chi connectivity index (χ2v) is 7.88. The number of aliphatic hydroxyl groups is 1. The number of benzene rings is 2. The molecule has 0 atom stereocenters. The Morgan fingerprint density at radius 3 is 2.52 bits per heavy atom. The van der Waals surface area contributed by atoms with Crippen molar-refractivity contribution in [3.05, 3.63) is 57.0 Å². The third kappa shape index (κ3) is 7.16. The van der Waals surface area contributed by atoms with E-state index < -0.39 is 0 Å². The zero-order chi connectivity index (χ0) is 19.2. The summed E-state index contributed by atoms with van der Waals surface area (Å²) in [5.41, 5.74) is 1.60. The van der Waals surface area contributed by atoms with Gasteiger partial charge in [-0.25, -0.2) is 0 Å². The van der Waals surface area contributed by atoms with Gasteiger partial charge in [-0.05, 0) is 60.5 Å². The van der Waals surface area contributed by atoms with Crippen LogP contribution in [0.1, 0.15) is 31.9 Å². The maximum absolute atomic E-state index is 9.38. The lowest BCUT2D eigenvalue weighted by Crippen LogP contribution is -2.42. The molecule has 27 heavy (non-hydrogen) atoms. The van der Waals surface area contributed by atoms with Gasteiger partial charge in [0.15, 0.2) is 11.5 Å². The zero-order valence-electron chi connectivity index (χ0n) is 15.7. The van der Waals surface area contributed by atoms with Gasteiger partial charge in [0, 0.05) is 22.7 Å². The lowest BCUT2D eigenvalue weighted by Gasteiger charge is -2.24. The Hall–Kier alpha value is -0.980. The van der Waals surface area contributed by atoms with Crippen molar-refractivity contribution in [1.82, 2.24) is 5.32 Å². The molecule has 2 N–H and O–H groups in total. The molecule has 0 spiro atoms. The molecule has 2 aromatic carbocycles. The first-order chi connectivity index (χ1) is 12.4. The van der Waals surface area contributed by atoms with Gasteiger partial charge in [-0.1, -0.05) is 29.8 Å². The molecule has 7 heteroatoms. The summed E-state index contributed by atoms with van der Waals surface area (Å²) >= 11 is 9.78. The molecule has 150 valence electrons. The Kier molecular flexibility index (Phi) is 9.91. The summed E-state index contributed by atoms with van der Waals surface area (Å²) in [6.07, 6.45) is 0. The summed E-state index contributed by atoms with van der Waals surface area (Å²) in [6.45, 7) is 7.40. The standard InChI is InChI=1S/C20H25BrClNO3.ClH/c1-4-25-18-10-14(11-23-20(2,3)13-24)9-16(21)19(18)26-12-15-7-5-6-8-17(15)22;/h5-10,23-24H,4,11-13H2,1-3H3;1H. The van der Waals surface area contributed by atoms with Crippen LogP contribution >= 0.6 is 39.9 Å².